The number of benzene rings is 3. The second-order valence-corrected chi connectivity index (χ2v) is 6.61. The van der Waals surface area contributed by atoms with Crippen LogP contribution in [0.5, 0.6) is 17.2 Å². The largest absolute Gasteiger partial charge is 0.489 e. The van der Waals surface area contributed by atoms with E-state index in [9.17, 15) is 4.79 Å². The Bertz CT molecular complexity index is 1030. The molecule has 1 aliphatic heterocycles. The van der Waals surface area contributed by atoms with Gasteiger partial charge in [-0.05, 0) is 60.5 Å². The van der Waals surface area contributed by atoms with Crippen LogP contribution < -0.4 is 19.6 Å². The summed E-state index contributed by atoms with van der Waals surface area (Å²) in [6.07, 6.45) is 1.55. The predicted molar refractivity (Wildman–Crippen MR) is 110 cm³/mol. The van der Waals surface area contributed by atoms with Crippen molar-refractivity contribution in [1.82, 2.24) is 5.43 Å². The molecule has 4 rings (SSSR count). The lowest BCUT2D eigenvalue weighted by molar-refractivity contribution is 0.0955. The summed E-state index contributed by atoms with van der Waals surface area (Å²) in [5.41, 5.74) is 6.12. The van der Waals surface area contributed by atoms with Gasteiger partial charge in [-0.3, -0.25) is 4.79 Å². The van der Waals surface area contributed by atoms with E-state index in [1.807, 2.05) is 25.1 Å². The molecule has 1 aliphatic rings. The molecule has 0 fully saturated rings. The maximum atomic E-state index is 12.2. The molecule has 6 heteroatoms. The number of hydrogen-bond donors (Lipinski definition) is 1. The van der Waals surface area contributed by atoms with Crippen LogP contribution in [0.4, 0.5) is 0 Å². The number of nitrogens with one attached hydrogen (secondary N) is 1. The fourth-order valence-corrected chi connectivity index (χ4v) is 2.78. The van der Waals surface area contributed by atoms with E-state index in [4.69, 9.17) is 14.2 Å². The van der Waals surface area contributed by atoms with Crippen LogP contribution in [0.15, 0.2) is 71.8 Å². The van der Waals surface area contributed by atoms with Crippen molar-refractivity contribution >= 4 is 12.1 Å². The van der Waals surface area contributed by atoms with Crippen LogP contribution in [0, 0.1) is 6.92 Å². The number of ether oxygens (including phenoxy) is 3. The van der Waals surface area contributed by atoms with Crippen molar-refractivity contribution in [2.75, 3.05) is 6.79 Å². The topological polar surface area (TPSA) is 69.2 Å². The van der Waals surface area contributed by atoms with Crippen LogP contribution in [0.1, 0.15) is 27.0 Å². The van der Waals surface area contributed by atoms with Crippen molar-refractivity contribution < 1.29 is 19.0 Å². The van der Waals surface area contributed by atoms with Gasteiger partial charge < -0.3 is 14.2 Å². The molecule has 0 spiro atoms. The zero-order valence-electron chi connectivity index (χ0n) is 15.9. The summed E-state index contributed by atoms with van der Waals surface area (Å²) in [7, 11) is 0. The maximum Gasteiger partial charge on any atom is 0.271 e. The molecule has 0 aromatic heterocycles. The molecule has 3 aromatic rings. The summed E-state index contributed by atoms with van der Waals surface area (Å²) in [4.78, 5) is 12.2. The fourth-order valence-electron chi connectivity index (χ4n) is 2.78. The molecule has 6 nitrogen and oxygen atoms in total. The van der Waals surface area contributed by atoms with E-state index in [-0.39, 0.29) is 12.7 Å². The van der Waals surface area contributed by atoms with E-state index in [2.05, 4.69) is 22.7 Å². The number of carbonyl (C=O) groups is 1. The summed E-state index contributed by atoms with van der Waals surface area (Å²) in [6, 6.07) is 20.6. The third-order valence-corrected chi connectivity index (χ3v) is 4.42. The van der Waals surface area contributed by atoms with Crippen LogP contribution in [0.2, 0.25) is 0 Å². The molecule has 1 amide bonds. The van der Waals surface area contributed by atoms with Crippen LogP contribution in [0.3, 0.4) is 0 Å². The van der Waals surface area contributed by atoms with Crippen molar-refractivity contribution in [3.63, 3.8) is 0 Å². The Balaban J connectivity index is 1.30. The highest BCUT2D eigenvalue weighted by atomic mass is 16.7. The number of amides is 1. The summed E-state index contributed by atoms with van der Waals surface area (Å²) in [5, 5.41) is 4.00. The third kappa shape index (κ3) is 4.73. The lowest BCUT2D eigenvalue weighted by atomic mass is 10.2. The molecule has 0 aliphatic carbocycles. The second kappa shape index (κ2) is 8.48. The lowest BCUT2D eigenvalue weighted by Crippen LogP contribution is -2.17. The van der Waals surface area contributed by atoms with E-state index in [1.54, 1.807) is 42.6 Å². The quantitative estimate of drug-likeness (QED) is 0.511. The average molecular weight is 388 g/mol. The predicted octanol–water partition coefficient (Wildman–Crippen LogP) is 4.07. The number of rotatable bonds is 6. The van der Waals surface area contributed by atoms with Crippen LogP contribution >= 0.6 is 0 Å². The zero-order valence-corrected chi connectivity index (χ0v) is 15.9. The first-order chi connectivity index (χ1) is 14.2. The van der Waals surface area contributed by atoms with Crippen molar-refractivity contribution in [1.29, 1.82) is 0 Å². The minimum absolute atomic E-state index is 0.220. The SMILES string of the molecule is Cc1ccc(COc2ccc(C(=O)N/N=C\c3ccc4c(c3)OCO4)cc2)cc1. The summed E-state index contributed by atoms with van der Waals surface area (Å²) < 4.78 is 16.3. The van der Waals surface area contributed by atoms with Crippen molar-refractivity contribution in [2.45, 2.75) is 13.5 Å². The number of hydrazone groups is 1. The molecule has 0 radical (unpaired) electrons. The van der Waals surface area contributed by atoms with Gasteiger partial charge in [0.1, 0.15) is 12.4 Å². The molecule has 0 saturated heterocycles. The van der Waals surface area contributed by atoms with Crippen molar-refractivity contribution in [2.24, 2.45) is 5.10 Å². The van der Waals surface area contributed by atoms with E-state index in [0.29, 0.717) is 29.4 Å². The number of fused-ring (bicyclic) bond motifs is 1. The van der Waals surface area contributed by atoms with Crippen LogP contribution in [-0.2, 0) is 6.61 Å². The van der Waals surface area contributed by atoms with Crippen molar-refractivity contribution in [3.05, 3.63) is 89.0 Å². The van der Waals surface area contributed by atoms with Gasteiger partial charge in [-0.15, -0.1) is 0 Å². The van der Waals surface area contributed by atoms with Gasteiger partial charge in [0.25, 0.3) is 5.91 Å². The molecule has 0 saturated carbocycles. The number of hydrogen-bond acceptors (Lipinski definition) is 5. The Kier molecular flexibility index (Phi) is 5.42. The molecule has 0 unspecified atom stereocenters. The first kappa shape index (κ1) is 18.6. The molecular weight excluding hydrogens is 368 g/mol. The van der Waals surface area contributed by atoms with Gasteiger partial charge in [-0.2, -0.15) is 5.10 Å². The monoisotopic (exact) mass is 388 g/mol. The molecule has 1 N–H and O–H groups in total. The van der Waals surface area contributed by atoms with E-state index < -0.39 is 0 Å². The number of carbonyl (C=O) groups excluding carboxylic acids is 1. The third-order valence-electron chi connectivity index (χ3n) is 4.42. The highest BCUT2D eigenvalue weighted by Gasteiger charge is 2.12. The van der Waals surface area contributed by atoms with Gasteiger partial charge in [0.05, 0.1) is 6.21 Å². The minimum atomic E-state index is -0.299. The van der Waals surface area contributed by atoms with E-state index in [1.165, 1.54) is 5.56 Å². The minimum Gasteiger partial charge on any atom is -0.489 e. The molecule has 146 valence electrons. The van der Waals surface area contributed by atoms with Crippen molar-refractivity contribution in [3.8, 4) is 17.2 Å². The zero-order chi connectivity index (χ0) is 20.1. The maximum absolute atomic E-state index is 12.2. The number of aryl methyl sites for hydroxylation is 1. The summed E-state index contributed by atoms with van der Waals surface area (Å²) in [5.74, 6) is 1.77. The Hall–Kier alpha value is -3.80. The van der Waals surface area contributed by atoms with Crippen LogP contribution in [0.25, 0.3) is 0 Å². The number of nitrogens with zero attached hydrogens (tertiary/aromatic N) is 1. The molecule has 1 heterocycles. The smallest absolute Gasteiger partial charge is 0.271 e. The first-order valence-corrected chi connectivity index (χ1v) is 9.19. The molecule has 3 aromatic carbocycles. The lowest BCUT2D eigenvalue weighted by Gasteiger charge is -2.07. The highest BCUT2D eigenvalue weighted by molar-refractivity contribution is 5.95. The van der Waals surface area contributed by atoms with Gasteiger partial charge in [0, 0.05) is 5.56 Å². The summed E-state index contributed by atoms with van der Waals surface area (Å²) >= 11 is 0. The Labute approximate surface area is 168 Å². The van der Waals surface area contributed by atoms with Gasteiger partial charge in [-0.25, -0.2) is 5.43 Å². The Morgan fingerprint density at radius 2 is 1.79 bits per heavy atom. The first-order valence-electron chi connectivity index (χ1n) is 9.19. The standard InChI is InChI=1S/C23H20N2O4/c1-16-2-4-17(5-3-16)14-27-20-9-7-19(8-10-20)23(26)25-24-13-18-6-11-21-22(12-18)29-15-28-21/h2-13H,14-15H2,1H3,(H,25,26)/b24-13-. The molecule has 29 heavy (non-hydrogen) atoms. The highest BCUT2D eigenvalue weighted by Crippen LogP contribution is 2.31. The van der Waals surface area contributed by atoms with E-state index >= 15 is 0 Å². The van der Waals surface area contributed by atoms with Gasteiger partial charge in [-0.1, -0.05) is 29.8 Å². The van der Waals surface area contributed by atoms with E-state index in [0.717, 1.165) is 11.1 Å². The van der Waals surface area contributed by atoms with Gasteiger partial charge >= 0.3 is 0 Å². The van der Waals surface area contributed by atoms with Crippen LogP contribution in [-0.4, -0.2) is 18.9 Å². The Morgan fingerprint density at radius 3 is 2.59 bits per heavy atom. The molecular formula is C23H20N2O4. The molecule has 0 bridgehead atoms. The fraction of sp³-hybridized carbons (Fsp3) is 0.130. The molecule has 0 atom stereocenters. The van der Waals surface area contributed by atoms with Gasteiger partial charge in [0.2, 0.25) is 6.79 Å². The van der Waals surface area contributed by atoms with Gasteiger partial charge in [0.15, 0.2) is 11.5 Å². The Morgan fingerprint density at radius 1 is 1.03 bits per heavy atom. The second-order valence-electron chi connectivity index (χ2n) is 6.61. The average Bonchev–Trinajstić information content (AvgIpc) is 3.21. The summed E-state index contributed by atoms with van der Waals surface area (Å²) in [6.45, 7) is 2.75. The normalized spacial score (nSPS) is 12.2.